The molecule has 0 aliphatic carbocycles. The number of hydrogen-bond donors (Lipinski definition) is 1. The normalized spacial score (nSPS) is 12.3. The largest absolute Gasteiger partial charge is 0.310 e. The first-order valence-corrected chi connectivity index (χ1v) is 8.48. The van der Waals surface area contributed by atoms with Crippen molar-refractivity contribution in [1.82, 2.24) is 5.32 Å². The smallest absolute Gasteiger partial charge is 0.272 e. The van der Waals surface area contributed by atoms with Gasteiger partial charge in [-0.05, 0) is 52.3 Å². The monoisotopic (exact) mass is 368 g/mol. The summed E-state index contributed by atoms with van der Waals surface area (Å²) in [5, 5.41) is 16.7. The van der Waals surface area contributed by atoms with Crippen LogP contribution >= 0.6 is 27.3 Å². The van der Waals surface area contributed by atoms with Crippen molar-refractivity contribution >= 4 is 33.0 Å². The maximum atomic E-state index is 11.1. The number of nitrogens with zero attached hydrogens (tertiary/aromatic N) is 1. The van der Waals surface area contributed by atoms with Gasteiger partial charge in [0, 0.05) is 17.7 Å². The van der Waals surface area contributed by atoms with Gasteiger partial charge >= 0.3 is 0 Å². The number of para-hydroxylation sites is 1. The summed E-state index contributed by atoms with van der Waals surface area (Å²) in [6.45, 7) is 3.00. The van der Waals surface area contributed by atoms with Crippen LogP contribution in [0.5, 0.6) is 0 Å². The Morgan fingerprint density at radius 2 is 2.19 bits per heavy atom. The summed E-state index contributed by atoms with van der Waals surface area (Å²) >= 11 is 5.10. The van der Waals surface area contributed by atoms with Crippen LogP contribution in [0.1, 0.15) is 30.5 Å². The van der Waals surface area contributed by atoms with E-state index in [-0.39, 0.29) is 16.7 Å². The molecule has 0 fully saturated rings. The van der Waals surface area contributed by atoms with Crippen LogP contribution in [0, 0.1) is 10.1 Å². The van der Waals surface area contributed by atoms with Gasteiger partial charge in [-0.3, -0.25) is 10.1 Å². The first-order chi connectivity index (χ1) is 10.1. The van der Waals surface area contributed by atoms with Crippen LogP contribution in [0.3, 0.4) is 0 Å². The molecule has 0 saturated heterocycles. The lowest BCUT2D eigenvalue weighted by molar-refractivity contribution is -0.385. The minimum Gasteiger partial charge on any atom is -0.310 e. The van der Waals surface area contributed by atoms with Crippen molar-refractivity contribution in [2.24, 2.45) is 0 Å². The molecular formula is C15H17BrN2O2S. The molecule has 0 aliphatic rings. The fourth-order valence-corrected chi connectivity index (χ4v) is 3.44. The van der Waals surface area contributed by atoms with Crippen molar-refractivity contribution in [2.75, 3.05) is 6.54 Å². The summed E-state index contributed by atoms with van der Waals surface area (Å²) in [4.78, 5) is 10.8. The van der Waals surface area contributed by atoms with Crippen molar-refractivity contribution in [3.05, 3.63) is 60.7 Å². The van der Waals surface area contributed by atoms with Crippen LogP contribution in [-0.4, -0.2) is 11.5 Å². The Balaban J connectivity index is 2.24. The van der Waals surface area contributed by atoms with E-state index in [0.717, 1.165) is 22.3 Å². The fourth-order valence-electron chi connectivity index (χ4n) is 2.21. The van der Waals surface area contributed by atoms with Crippen LogP contribution in [0.15, 0.2) is 39.5 Å². The average molecular weight is 369 g/mol. The minimum atomic E-state index is -0.310. The first-order valence-electron chi connectivity index (χ1n) is 6.81. The van der Waals surface area contributed by atoms with Crippen molar-refractivity contribution in [3.8, 4) is 0 Å². The molecule has 1 aromatic heterocycles. The lowest BCUT2D eigenvalue weighted by Crippen LogP contribution is -2.24. The number of nitro groups is 1. The molecule has 4 nitrogen and oxygen atoms in total. The van der Waals surface area contributed by atoms with E-state index in [1.165, 1.54) is 5.56 Å². The Labute approximate surface area is 136 Å². The summed E-state index contributed by atoms with van der Waals surface area (Å²) < 4.78 is 1.07. The highest BCUT2D eigenvalue weighted by molar-refractivity contribution is 9.11. The topological polar surface area (TPSA) is 55.2 Å². The molecule has 112 valence electrons. The summed E-state index contributed by atoms with van der Waals surface area (Å²) in [5.74, 6) is 0. The van der Waals surface area contributed by atoms with Gasteiger partial charge in [-0.25, -0.2) is 0 Å². The number of halogens is 1. The Bertz CT molecular complexity index is 615. The molecule has 6 heteroatoms. The second-order valence-electron chi connectivity index (χ2n) is 4.78. The Kier molecular flexibility index (Phi) is 5.90. The molecule has 2 aromatic rings. The summed E-state index contributed by atoms with van der Waals surface area (Å²) in [6.07, 6.45) is 1.64. The van der Waals surface area contributed by atoms with Crippen LogP contribution < -0.4 is 5.32 Å². The van der Waals surface area contributed by atoms with Crippen molar-refractivity contribution in [1.29, 1.82) is 0 Å². The summed E-state index contributed by atoms with van der Waals surface area (Å²) in [6, 6.07) is 9.12. The van der Waals surface area contributed by atoms with E-state index >= 15 is 0 Å². The highest BCUT2D eigenvalue weighted by Gasteiger charge is 2.19. The first kappa shape index (κ1) is 16.1. The predicted molar refractivity (Wildman–Crippen MR) is 89.9 cm³/mol. The third kappa shape index (κ3) is 4.36. The zero-order valence-electron chi connectivity index (χ0n) is 11.7. The lowest BCUT2D eigenvalue weighted by atomic mass is 9.99. The number of thiophene rings is 1. The number of nitro benzene ring substituents is 1. The van der Waals surface area contributed by atoms with Gasteiger partial charge < -0.3 is 5.32 Å². The zero-order valence-corrected chi connectivity index (χ0v) is 14.1. The van der Waals surface area contributed by atoms with E-state index in [4.69, 9.17) is 0 Å². The molecule has 0 spiro atoms. The molecule has 0 amide bonds. The maximum Gasteiger partial charge on any atom is 0.272 e. The van der Waals surface area contributed by atoms with Crippen LogP contribution in [0.2, 0.25) is 0 Å². The SMILES string of the molecule is CCCNC(Cc1ccccc1[N+](=O)[O-])c1csc(Br)c1. The lowest BCUT2D eigenvalue weighted by Gasteiger charge is -2.17. The molecule has 1 atom stereocenters. The van der Waals surface area contributed by atoms with Gasteiger partial charge in [0.05, 0.1) is 8.71 Å². The van der Waals surface area contributed by atoms with Crippen LogP contribution in [-0.2, 0) is 6.42 Å². The van der Waals surface area contributed by atoms with E-state index < -0.39 is 0 Å². The zero-order chi connectivity index (χ0) is 15.2. The molecule has 0 saturated carbocycles. The molecule has 1 aromatic carbocycles. The second kappa shape index (κ2) is 7.68. The van der Waals surface area contributed by atoms with Gasteiger partial charge in [-0.2, -0.15) is 0 Å². The predicted octanol–water partition coefficient (Wildman–Crippen LogP) is 4.70. The molecule has 1 heterocycles. The van der Waals surface area contributed by atoms with Gasteiger partial charge in [-0.15, -0.1) is 11.3 Å². The molecule has 21 heavy (non-hydrogen) atoms. The quantitative estimate of drug-likeness (QED) is 0.568. The van der Waals surface area contributed by atoms with Crippen molar-refractivity contribution in [2.45, 2.75) is 25.8 Å². The third-order valence-electron chi connectivity index (χ3n) is 3.24. The second-order valence-corrected chi connectivity index (χ2v) is 7.07. The maximum absolute atomic E-state index is 11.1. The van der Waals surface area contributed by atoms with Crippen LogP contribution in [0.4, 0.5) is 5.69 Å². The van der Waals surface area contributed by atoms with Crippen LogP contribution in [0.25, 0.3) is 0 Å². The van der Waals surface area contributed by atoms with E-state index in [2.05, 4.69) is 39.6 Å². The van der Waals surface area contributed by atoms with Gasteiger partial charge in [-0.1, -0.05) is 25.1 Å². The third-order valence-corrected chi connectivity index (χ3v) is 4.77. The standard InChI is InChI=1S/C15H17BrN2O2S/c1-2-7-17-13(12-9-15(16)21-10-12)8-11-5-3-4-6-14(11)18(19)20/h3-6,9-10,13,17H,2,7-8H2,1H3. The van der Waals surface area contributed by atoms with E-state index in [1.54, 1.807) is 23.5 Å². The van der Waals surface area contributed by atoms with E-state index in [1.807, 2.05) is 12.1 Å². The molecule has 0 radical (unpaired) electrons. The number of rotatable bonds is 7. The molecule has 2 rings (SSSR count). The molecule has 1 unspecified atom stereocenters. The van der Waals surface area contributed by atoms with Gasteiger partial charge in [0.25, 0.3) is 5.69 Å². The Morgan fingerprint density at radius 1 is 1.43 bits per heavy atom. The Morgan fingerprint density at radius 3 is 2.81 bits per heavy atom. The van der Waals surface area contributed by atoms with E-state index in [9.17, 15) is 10.1 Å². The molecule has 1 N–H and O–H groups in total. The Hall–Kier alpha value is -1.24. The number of benzene rings is 1. The highest BCUT2D eigenvalue weighted by atomic mass is 79.9. The molecular weight excluding hydrogens is 352 g/mol. The highest BCUT2D eigenvalue weighted by Crippen LogP contribution is 2.29. The summed E-state index contributed by atoms with van der Waals surface area (Å²) in [5.41, 5.74) is 2.12. The average Bonchev–Trinajstić information content (AvgIpc) is 2.90. The summed E-state index contributed by atoms with van der Waals surface area (Å²) in [7, 11) is 0. The number of nitrogens with one attached hydrogen (secondary N) is 1. The van der Waals surface area contributed by atoms with Crippen molar-refractivity contribution < 1.29 is 4.92 Å². The molecule has 0 bridgehead atoms. The minimum absolute atomic E-state index is 0.0913. The van der Waals surface area contributed by atoms with E-state index in [0.29, 0.717) is 6.42 Å². The van der Waals surface area contributed by atoms with Gasteiger partial charge in [0.2, 0.25) is 0 Å². The van der Waals surface area contributed by atoms with Crippen molar-refractivity contribution in [3.63, 3.8) is 0 Å². The van der Waals surface area contributed by atoms with Gasteiger partial charge in [0.1, 0.15) is 0 Å². The fraction of sp³-hybridized carbons (Fsp3) is 0.333. The van der Waals surface area contributed by atoms with Gasteiger partial charge in [0.15, 0.2) is 0 Å². The number of hydrogen-bond acceptors (Lipinski definition) is 4. The molecule has 0 aliphatic heterocycles.